The summed E-state index contributed by atoms with van der Waals surface area (Å²) in [4.78, 5) is 9.29. The first kappa shape index (κ1) is 8.64. The lowest BCUT2D eigenvalue weighted by atomic mass is 10.4. The zero-order valence-electron chi connectivity index (χ0n) is 7.03. The highest BCUT2D eigenvalue weighted by Crippen LogP contribution is 2.11. The van der Waals surface area contributed by atoms with E-state index in [4.69, 9.17) is 0 Å². The van der Waals surface area contributed by atoms with E-state index in [1.807, 2.05) is 14.1 Å². The van der Waals surface area contributed by atoms with Crippen LogP contribution < -0.4 is 0 Å². The Morgan fingerprint density at radius 1 is 1.58 bits per heavy atom. The molecule has 0 N–H and O–H groups in total. The van der Waals surface area contributed by atoms with E-state index < -0.39 is 5.82 Å². The summed E-state index contributed by atoms with van der Waals surface area (Å²) in [6.07, 6.45) is 3.01. The van der Waals surface area contributed by atoms with Gasteiger partial charge in [-0.1, -0.05) is 0 Å². The van der Waals surface area contributed by atoms with Crippen molar-refractivity contribution in [2.75, 3.05) is 14.1 Å². The summed E-state index contributed by atoms with van der Waals surface area (Å²) in [6, 6.07) is 2.86. The summed E-state index contributed by atoms with van der Waals surface area (Å²) >= 11 is 0. The molecule has 1 aromatic heterocycles. The Hall–Kier alpha value is -1.45. The molecule has 0 aliphatic carbocycles. The Morgan fingerprint density at radius 2 is 2.33 bits per heavy atom. The van der Waals surface area contributed by atoms with E-state index >= 15 is 0 Å². The molecule has 0 fully saturated rings. The predicted octanol–water partition coefficient (Wildman–Crippen LogP) is 1.44. The summed E-state index contributed by atoms with van der Waals surface area (Å²) in [5.41, 5.74) is 0. The van der Waals surface area contributed by atoms with E-state index in [-0.39, 0.29) is 5.82 Å². The lowest BCUT2D eigenvalue weighted by Crippen LogP contribution is -2.07. The molecule has 64 valence electrons. The van der Waals surface area contributed by atoms with Gasteiger partial charge in [-0.25, -0.2) is 14.4 Å². The van der Waals surface area contributed by atoms with Crippen molar-refractivity contribution in [1.29, 1.82) is 0 Å². The van der Waals surface area contributed by atoms with Crippen molar-refractivity contribution in [1.82, 2.24) is 9.88 Å². The van der Waals surface area contributed by atoms with Gasteiger partial charge in [0.1, 0.15) is 0 Å². The van der Waals surface area contributed by atoms with Gasteiger partial charge in [-0.15, -0.1) is 0 Å². The van der Waals surface area contributed by atoms with Gasteiger partial charge in [-0.2, -0.15) is 0 Å². The third-order valence-electron chi connectivity index (χ3n) is 1.15. The normalized spacial score (nSPS) is 10.6. The molecule has 0 saturated heterocycles. The van der Waals surface area contributed by atoms with E-state index in [0.29, 0.717) is 0 Å². The second-order valence-corrected chi connectivity index (χ2v) is 2.52. The highest BCUT2D eigenvalue weighted by atomic mass is 19.1. The van der Waals surface area contributed by atoms with Crippen LogP contribution in [-0.4, -0.2) is 30.3 Å². The molecule has 0 aliphatic heterocycles. The molecule has 0 amide bonds. The summed E-state index contributed by atoms with van der Waals surface area (Å²) in [5, 5.41) is 0. The van der Waals surface area contributed by atoms with Crippen molar-refractivity contribution in [3.63, 3.8) is 0 Å². The number of rotatable bonds is 2. The number of hydrogen-bond acceptors (Lipinski definition) is 2. The van der Waals surface area contributed by atoms with Crippen LogP contribution in [-0.2, 0) is 0 Å². The fourth-order valence-corrected chi connectivity index (χ4v) is 0.643. The van der Waals surface area contributed by atoms with Gasteiger partial charge in [-0.3, -0.25) is 0 Å². The maximum atomic E-state index is 12.8. The van der Waals surface area contributed by atoms with Crippen molar-refractivity contribution >= 4 is 12.2 Å². The quantitative estimate of drug-likeness (QED) is 0.492. The molecule has 0 saturated carbocycles. The van der Waals surface area contributed by atoms with Crippen LogP contribution in [0.5, 0.6) is 0 Å². The minimum Gasteiger partial charge on any atom is -0.369 e. The summed E-state index contributed by atoms with van der Waals surface area (Å²) in [7, 11) is 3.62. The van der Waals surface area contributed by atoms with E-state index in [1.54, 1.807) is 4.90 Å². The summed E-state index contributed by atoms with van der Waals surface area (Å²) in [6.45, 7) is 0. The number of aliphatic imine (C=N–C) groups is 1. The van der Waals surface area contributed by atoms with Crippen molar-refractivity contribution in [2.24, 2.45) is 4.99 Å². The third kappa shape index (κ3) is 2.30. The molecule has 1 rings (SSSR count). The first-order valence-corrected chi connectivity index (χ1v) is 3.51. The monoisotopic (exact) mass is 167 g/mol. The van der Waals surface area contributed by atoms with Gasteiger partial charge in [-0.05, 0) is 12.1 Å². The lowest BCUT2D eigenvalue weighted by molar-refractivity contribution is 0.619. The molecule has 4 heteroatoms. The van der Waals surface area contributed by atoms with E-state index in [1.165, 1.54) is 24.7 Å². The third-order valence-corrected chi connectivity index (χ3v) is 1.15. The smallest absolute Gasteiger partial charge is 0.189 e. The van der Waals surface area contributed by atoms with Crippen LogP contribution in [0.2, 0.25) is 0 Å². The van der Waals surface area contributed by atoms with Crippen LogP contribution in [0.4, 0.5) is 10.2 Å². The molecule has 1 heterocycles. The highest BCUT2D eigenvalue weighted by Gasteiger charge is 1.97. The minimum atomic E-state index is -0.407. The summed E-state index contributed by atoms with van der Waals surface area (Å²) < 4.78 is 12.8. The summed E-state index contributed by atoms with van der Waals surface area (Å²) in [5.74, 6) is -0.290. The average molecular weight is 167 g/mol. The minimum absolute atomic E-state index is 0.117. The molecule has 12 heavy (non-hydrogen) atoms. The van der Waals surface area contributed by atoms with Crippen molar-refractivity contribution in [3.05, 3.63) is 24.1 Å². The Kier molecular flexibility index (Phi) is 2.74. The van der Waals surface area contributed by atoms with E-state index in [2.05, 4.69) is 9.98 Å². The Balaban J connectivity index is 2.82. The standard InChI is InChI=1S/C8H10FN3/c1-12(2)6-11-8-7(9)4-3-5-10-8/h3-6H,1-2H3. The molecule has 0 spiro atoms. The van der Waals surface area contributed by atoms with Gasteiger partial charge in [0, 0.05) is 20.3 Å². The van der Waals surface area contributed by atoms with Crippen LogP contribution in [0.15, 0.2) is 23.3 Å². The Bertz CT molecular complexity index is 283. The van der Waals surface area contributed by atoms with Crippen LogP contribution in [0, 0.1) is 5.82 Å². The molecule has 0 aromatic carbocycles. The maximum Gasteiger partial charge on any atom is 0.189 e. The lowest BCUT2D eigenvalue weighted by Gasteiger charge is -2.01. The van der Waals surface area contributed by atoms with Crippen LogP contribution in [0.1, 0.15) is 0 Å². The number of pyridine rings is 1. The molecular formula is C8H10FN3. The fourth-order valence-electron chi connectivity index (χ4n) is 0.643. The van der Waals surface area contributed by atoms with Crippen molar-refractivity contribution in [3.8, 4) is 0 Å². The molecular weight excluding hydrogens is 157 g/mol. The van der Waals surface area contributed by atoms with E-state index in [9.17, 15) is 4.39 Å². The van der Waals surface area contributed by atoms with Crippen LogP contribution >= 0.6 is 0 Å². The second-order valence-electron chi connectivity index (χ2n) is 2.52. The topological polar surface area (TPSA) is 28.5 Å². The SMILES string of the molecule is CN(C)C=Nc1ncccc1F. The number of halogens is 1. The van der Waals surface area contributed by atoms with Gasteiger partial charge in [0.15, 0.2) is 11.6 Å². The predicted molar refractivity (Wildman–Crippen MR) is 46.0 cm³/mol. The largest absolute Gasteiger partial charge is 0.369 e. The second kappa shape index (κ2) is 3.80. The molecule has 1 aromatic rings. The first-order valence-electron chi connectivity index (χ1n) is 3.51. The zero-order valence-corrected chi connectivity index (χ0v) is 7.03. The van der Waals surface area contributed by atoms with Crippen molar-refractivity contribution < 1.29 is 4.39 Å². The number of hydrogen-bond donors (Lipinski definition) is 0. The average Bonchev–Trinajstić information content (AvgIpc) is 2.03. The van der Waals surface area contributed by atoms with Gasteiger partial charge in [0.05, 0.1) is 6.34 Å². The zero-order chi connectivity index (χ0) is 8.97. The van der Waals surface area contributed by atoms with Gasteiger partial charge < -0.3 is 4.90 Å². The molecule has 0 aliphatic rings. The van der Waals surface area contributed by atoms with Crippen molar-refractivity contribution in [2.45, 2.75) is 0 Å². The number of nitrogens with zero attached hydrogens (tertiary/aromatic N) is 3. The molecule has 0 unspecified atom stereocenters. The molecule has 0 bridgehead atoms. The maximum absolute atomic E-state index is 12.8. The van der Waals surface area contributed by atoms with Gasteiger partial charge >= 0.3 is 0 Å². The first-order chi connectivity index (χ1) is 5.70. The van der Waals surface area contributed by atoms with Gasteiger partial charge in [0.2, 0.25) is 0 Å². The fraction of sp³-hybridized carbons (Fsp3) is 0.250. The van der Waals surface area contributed by atoms with Crippen LogP contribution in [0.3, 0.4) is 0 Å². The molecule has 3 nitrogen and oxygen atoms in total. The van der Waals surface area contributed by atoms with Gasteiger partial charge in [0.25, 0.3) is 0 Å². The molecule has 0 atom stereocenters. The number of aromatic nitrogens is 1. The van der Waals surface area contributed by atoms with E-state index in [0.717, 1.165) is 0 Å². The van der Waals surface area contributed by atoms with Crippen LogP contribution in [0.25, 0.3) is 0 Å². The molecule has 0 radical (unpaired) electrons. The highest BCUT2D eigenvalue weighted by molar-refractivity contribution is 5.58. The Labute approximate surface area is 70.6 Å². The Morgan fingerprint density at radius 3 is 2.92 bits per heavy atom.